The van der Waals surface area contributed by atoms with E-state index in [1.54, 1.807) is 4.90 Å². The van der Waals surface area contributed by atoms with Gasteiger partial charge >= 0.3 is 0 Å². The number of hydrogen-bond donors (Lipinski definition) is 2. The van der Waals surface area contributed by atoms with Crippen molar-refractivity contribution in [2.24, 2.45) is 5.73 Å². The van der Waals surface area contributed by atoms with Crippen LogP contribution in [0.2, 0.25) is 0 Å². The second kappa shape index (κ2) is 4.69. The van der Waals surface area contributed by atoms with Crippen LogP contribution in [0.4, 0.5) is 8.78 Å². The standard InChI is InChI=1S/C7H15F2N3/c8-7(9)5-12-2-1-11-4-6(12)3-10/h6-7,11H,1-5,10H2. The minimum atomic E-state index is -2.25. The number of nitrogens with zero attached hydrogens (tertiary/aromatic N) is 1. The van der Waals surface area contributed by atoms with Gasteiger partial charge in [0.05, 0.1) is 6.54 Å². The molecule has 0 amide bonds. The predicted octanol–water partition coefficient (Wildman–Crippen LogP) is -0.516. The molecule has 1 aliphatic rings. The highest BCUT2D eigenvalue weighted by Gasteiger charge is 2.22. The molecule has 1 rings (SSSR count). The van der Waals surface area contributed by atoms with Gasteiger partial charge in [-0.05, 0) is 0 Å². The van der Waals surface area contributed by atoms with E-state index in [0.717, 1.165) is 13.1 Å². The van der Waals surface area contributed by atoms with E-state index >= 15 is 0 Å². The summed E-state index contributed by atoms with van der Waals surface area (Å²) in [7, 11) is 0. The summed E-state index contributed by atoms with van der Waals surface area (Å²) in [6.45, 7) is 2.47. The van der Waals surface area contributed by atoms with Crippen LogP contribution < -0.4 is 11.1 Å². The van der Waals surface area contributed by atoms with Gasteiger partial charge in [0, 0.05) is 32.2 Å². The van der Waals surface area contributed by atoms with Crippen molar-refractivity contribution in [2.45, 2.75) is 12.5 Å². The van der Waals surface area contributed by atoms with E-state index < -0.39 is 6.43 Å². The van der Waals surface area contributed by atoms with Crippen LogP contribution in [0.3, 0.4) is 0 Å². The number of nitrogens with two attached hydrogens (primary N) is 1. The van der Waals surface area contributed by atoms with Crippen LogP contribution >= 0.6 is 0 Å². The van der Waals surface area contributed by atoms with E-state index in [0.29, 0.717) is 13.1 Å². The van der Waals surface area contributed by atoms with Crippen molar-refractivity contribution < 1.29 is 8.78 Å². The van der Waals surface area contributed by atoms with Gasteiger partial charge in [-0.1, -0.05) is 0 Å². The average Bonchev–Trinajstić information content (AvgIpc) is 2.04. The predicted molar refractivity (Wildman–Crippen MR) is 43.3 cm³/mol. The molecule has 1 heterocycles. The molecule has 0 aromatic heterocycles. The van der Waals surface area contributed by atoms with Gasteiger partial charge in [-0.2, -0.15) is 0 Å². The molecule has 0 radical (unpaired) electrons. The summed E-state index contributed by atoms with van der Waals surface area (Å²) < 4.78 is 24.1. The van der Waals surface area contributed by atoms with Crippen LogP contribution in [0.5, 0.6) is 0 Å². The summed E-state index contributed by atoms with van der Waals surface area (Å²) in [5.41, 5.74) is 5.44. The molecular formula is C7H15F2N3. The number of piperazine rings is 1. The Hall–Kier alpha value is -0.260. The molecule has 12 heavy (non-hydrogen) atoms. The molecular weight excluding hydrogens is 164 g/mol. The first kappa shape index (κ1) is 9.83. The largest absolute Gasteiger partial charge is 0.329 e. The Morgan fingerprint density at radius 2 is 2.33 bits per heavy atom. The molecule has 3 nitrogen and oxygen atoms in total. The first-order chi connectivity index (χ1) is 5.74. The van der Waals surface area contributed by atoms with Crippen LogP contribution in [-0.4, -0.2) is 50.1 Å². The maximum Gasteiger partial charge on any atom is 0.251 e. The Labute approximate surface area is 70.9 Å². The Morgan fingerprint density at radius 3 is 2.92 bits per heavy atom. The first-order valence-electron chi connectivity index (χ1n) is 4.17. The minimum Gasteiger partial charge on any atom is -0.329 e. The van der Waals surface area contributed by atoms with Gasteiger partial charge in [0.2, 0.25) is 0 Å². The van der Waals surface area contributed by atoms with E-state index in [-0.39, 0.29) is 12.6 Å². The normalized spacial score (nSPS) is 26.5. The molecule has 0 bridgehead atoms. The van der Waals surface area contributed by atoms with Crippen molar-refractivity contribution >= 4 is 0 Å². The monoisotopic (exact) mass is 179 g/mol. The van der Waals surface area contributed by atoms with Gasteiger partial charge < -0.3 is 11.1 Å². The lowest BCUT2D eigenvalue weighted by Crippen LogP contribution is -2.55. The lowest BCUT2D eigenvalue weighted by atomic mass is 10.2. The molecule has 5 heteroatoms. The van der Waals surface area contributed by atoms with Gasteiger partial charge in [-0.25, -0.2) is 8.78 Å². The Balaban J connectivity index is 2.36. The van der Waals surface area contributed by atoms with E-state index in [1.165, 1.54) is 0 Å². The van der Waals surface area contributed by atoms with Gasteiger partial charge in [-0.15, -0.1) is 0 Å². The lowest BCUT2D eigenvalue weighted by molar-refractivity contribution is 0.0571. The van der Waals surface area contributed by atoms with Crippen molar-refractivity contribution in [3.05, 3.63) is 0 Å². The molecule has 1 aliphatic heterocycles. The highest BCUT2D eigenvalue weighted by atomic mass is 19.3. The molecule has 1 atom stereocenters. The van der Waals surface area contributed by atoms with Crippen LogP contribution in [0, 0.1) is 0 Å². The maximum atomic E-state index is 12.0. The Kier molecular flexibility index (Phi) is 3.84. The van der Waals surface area contributed by atoms with Crippen molar-refractivity contribution in [3.63, 3.8) is 0 Å². The summed E-state index contributed by atoms with van der Waals surface area (Å²) in [4.78, 5) is 1.75. The van der Waals surface area contributed by atoms with Gasteiger partial charge in [-0.3, -0.25) is 4.90 Å². The summed E-state index contributed by atoms with van der Waals surface area (Å²) in [6, 6.07) is 0.0766. The lowest BCUT2D eigenvalue weighted by Gasteiger charge is -2.35. The smallest absolute Gasteiger partial charge is 0.251 e. The third-order valence-corrected chi connectivity index (χ3v) is 2.12. The fourth-order valence-corrected chi connectivity index (χ4v) is 1.45. The SMILES string of the molecule is NCC1CNCCN1CC(F)F. The third-order valence-electron chi connectivity index (χ3n) is 2.12. The number of nitrogens with one attached hydrogen (secondary N) is 1. The van der Waals surface area contributed by atoms with Gasteiger partial charge in [0.15, 0.2) is 0 Å². The summed E-state index contributed by atoms with van der Waals surface area (Å²) in [5, 5.41) is 3.12. The second-order valence-corrected chi connectivity index (χ2v) is 2.98. The summed E-state index contributed by atoms with van der Waals surface area (Å²) in [5.74, 6) is 0. The summed E-state index contributed by atoms with van der Waals surface area (Å²) in [6.07, 6.45) is -2.25. The molecule has 3 N–H and O–H groups in total. The zero-order chi connectivity index (χ0) is 8.97. The van der Waals surface area contributed by atoms with E-state index in [9.17, 15) is 8.78 Å². The summed E-state index contributed by atoms with van der Waals surface area (Å²) >= 11 is 0. The average molecular weight is 179 g/mol. The molecule has 0 aromatic rings. The zero-order valence-electron chi connectivity index (χ0n) is 6.97. The molecule has 0 aliphatic carbocycles. The second-order valence-electron chi connectivity index (χ2n) is 2.98. The first-order valence-corrected chi connectivity index (χ1v) is 4.17. The molecule has 0 spiro atoms. The zero-order valence-corrected chi connectivity index (χ0v) is 6.97. The topological polar surface area (TPSA) is 41.3 Å². The molecule has 0 aromatic carbocycles. The number of halogens is 2. The molecule has 72 valence electrons. The molecule has 0 saturated carbocycles. The van der Waals surface area contributed by atoms with Crippen molar-refractivity contribution in [1.29, 1.82) is 0 Å². The minimum absolute atomic E-state index is 0.0766. The Bertz CT molecular complexity index is 132. The number of rotatable bonds is 3. The number of hydrogen-bond acceptors (Lipinski definition) is 3. The highest BCUT2D eigenvalue weighted by molar-refractivity contribution is 4.80. The quantitative estimate of drug-likeness (QED) is 0.613. The maximum absolute atomic E-state index is 12.0. The van der Waals surface area contributed by atoms with E-state index in [4.69, 9.17) is 5.73 Å². The molecule has 1 saturated heterocycles. The van der Waals surface area contributed by atoms with E-state index in [1.807, 2.05) is 0 Å². The van der Waals surface area contributed by atoms with Crippen molar-refractivity contribution in [1.82, 2.24) is 10.2 Å². The van der Waals surface area contributed by atoms with E-state index in [2.05, 4.69) is 5.32 Å². The van der Waals surface area contributed by atoms with Crippen LogP contribution in [0.25, 0.3) is 0 Å². The third kappa shape index (κ3) is 2.66. The van der Waals surface area contributed by atoms with Crippen molar-refractivity contribution in [3.8, 4) is 0 Å². The number of alkyl halides is 2. The fourth-order valence-electron chi connectivity index (χ4n) is 1.45. The fraction of sp³-hybridized carbons (Fsp3) is 1.00. The van der Waals surface area contributed by atoms with Crippen LogP contribution in [0.1, 0.15) is 0 Å². The van der Waals surface area contributed by atoms with Gasteiger partial charge in [0.1, 0.15) is 0 Å². The highest BCUT2D eigenvalue weighted by Crippen LogP contribution is 2.05. The van der Waals surface area contributed by atoms with Gasteiger partial charge in [0.25, 0.3) is 6.43 Å². The molecule has 1 unspecified atom stereocenters. The van der Waals surface area contributed by atoms with Crippen LogP contribution in [-0.2, 0) is 0 Å². The molecule has 1 fully saturated rings. The van der Waals surface area contributed by atoms with Crippen molar-refractivity contribution in [2.75, 3.05) is 32.7 Å². The van der Waals surface area contributed by atoms with Crippen LogP contribution in [0.15, 0.2) is 0 Å². The Morgan fingerprint density at radius 1 is 1.58 bits per heavy atom.